The summed E-state index contributed by atoms with van der Waals surface area (Å²) in [5.74, 6) is -1.70. The van der Waals surface area contributed by atoms with E-state index < -0.39 is 28.6 Å². The second-order valence-corrected chi connectivity index (χ2v) is 6.05. The van der Waals surface area contributed by atoms with Crippen LogP contribution in [0.1, 0.15) is 45.1 Å². The summed E-state index contributed by atoms with van der Waals surface area (Å²) in [7, 11) is 0. The molecule has 0 bridgehead atoms. The van der Waals surface area contributed by atoms with Crippen molar-refractivity contribution in [3.05, 3.63) is 28.8 Å². The Kier molecular flexibility index (Phi) is 8.22. The minimum Gasteiger partial charge on any atom is -0.334 e. The highest BCUT2D eigenvalue weighted by molar-refractivity contribution is 6.39. The molecule has 0 atom stereocenters. The van der Waals surface area contributed by atoms with E-state index in [1.807, 2.05) is 13.8 Å². The summed E-state index contributed by atoms with van der Waals surface area (Å²) in [5, 5.41) is 1.76. The van der Waals surface area contributed by atoms with Crippen molar-refractivity contribution in [3.63, 3.8) is 0 Å². The molecule has 0 aliphatic rings. The minimum absolute atomic E-state index is 0.124. The van der Waals surface area contributed by atoms with Gasteiger partial charge in [0.15, 0.2) is 0 Å². The van der Waals surface area contributed by atoms with Crippen molar-refractivity contribution in [2.45, 2.75) is 45.7 Å². The first-order valence-corrected chi connectivity index (χ1v) is 8.55. The Bertz CT molecular complexity index is 598. The predicted octanol–water partition coefficient (Wildman–Crippen LogP) is 4.73. The SMILES string of the molecule is CCCCN(CCCC)C(=O)C(=O)Nc1ccc(Cl)c(C(F)(F)F)c1. The summed E-state index contributed by atoms with van der Waals surface area (Å²) in [4.78, 5) is 25.8. The van der Waals surface area contributed by atoms with Gasteiger partial charge in [-0.2, -0.15) is 13.2 Å². The lowest BCUT2D eigenvalue weighted by Crippen LogP contribution is -2.40. The molecule has 4 nitrogen and oxygen atoms in total. The first kappa shape index (κ1) is 21.3. The van der Waals surface area contributed by atoms with Crippen LogP contribution in [0.4, 0.5) is 18.9 Å². The summed E-state index contributed by atoms with van der Waals surface area (Å²) in [5.41, 5.74) is -1.19. The van der Waals surface area contributed by atoms with E-state index in [2.05, 4.69) is 5.32 Å². The zero-order valence-corrected chi connectivity index (χ0v) is 15.0. The molecule has 8 heteroatoms. The number of carbonyl (C=O) groups is 2. The van der Waals surface area contributed by atoms with Crippen molar-refractivity contribution in [3.8, 4) is 0 Å². The molecule has 0 spiro atoms. The first-order valence-electron chi connectivity index (χ1n) is 8.17. The number of unbranched alkanes of at least 4 members (excludes halogenated alkanes) is 2. The standard InChI is InChI=1S/C17H22ClF3N2O2/c1-3-5-9-23(10-6-4-2)16(25)15(24)22-12-7-8-14(18)13(11-12)17(19,20)21/h7-8,11H,3-6,9-10H2,1-2H3,(H,22,24). The molecule has 1 rings (SSSR count). The molecule has 1 aromatic carbocycles. The van der Waals surface area contributed by atoms with E-state index >= 15 is 0 Å². The van der Waals surface area contributed by atoms with Gasteiger partial charge in [-0.1, -0.05) is 38.3 Å². The maximum Gasteiger partial charge on any atom is 0.417 e. The summed E-state index contributed by atoms with van der Waals surface area (Å²) in [6.45, 7) is 4.82. The van der Waals surface area contributed by atoms with Gasteiger partial charge in [-0.15, -0.1) is 0 Å². The van der Waals surface area contributed by atoms with Crippen molar-refractivity contribution in [1.29, 1.82) is 0 Å². The zero-order valence-electron chi connectivity index (χ0n) is 14.3. The van der Waals surface area contributed by atoms with Gasteiger partial charge in [0.1, 0.15) is 0 Å². The Labute approximate surface area is 150 Å². The van der Waals surface area contributed by atoms with E-state index in [-0.39, 0.29) is 5.69 Å². The first-order chi connectivity index (χ1) is 11.7. The highest BCUT2D eigenvalue weighted by atomic mass is 35.5. The van der Waals surface area contributed by atoms with Crippen LogP contribution in [0.5, 0.6) is 0 Å². The molecule has 0 saturated heterocycles. The lowest BCUT2D eigenvalue weighted by atomic mass is 10.2. The molecule has 25 heavy (non-hydrogen) atoms. The molecular weight excluding hydrogens is 357 g/mol. The maximum absolute atomic E-state index is 12.9. The average molecular weight is 379 g/mol. The van der Waals surface area contributed by atoms with Gasteiger partial charge in [0.2, 0.25) is 0 Å². The number of carbonyl (C=O) groups excluding carboxylic acids is 2. The molecule has 0 heterocycles. The van der Waals surface area contributed by atoms with E-state index in [0.717, 1.165) is 37.8 Å². The second-order valence-electron chi connectivity index (χ2n) is 5.65. The Morgan fingerprint density at radius 2 is 1.68 bits per heavy atom. The molecule has 0 saturated carbocycles. The van der Waals surface area contributed by atoms with E-state index in [4.69, 9.17) is 11.6 Å². The highest BCUT2D eigenvalue weighted by Gasteiger charge is 2.33. The number of hydrogen-bond acceptors (Lipinski definition) is 2. The monoisotopic (exact) mass is 378 g/mol. The van der Waals surface area contributed by atoms with Gasteiger partial charge < -0.3 is 10.2 Å². The normalized spacial score (nSPS) is 11.3. The number of rotatable bonds is 7. The van der Waals surface area contributed by atoms with E-state index in [9.17, 15) is 22.8 Å². The summed E-state index contributed by atoms with van der Waals surface area (Å²) < 4.78 is 38.6. The highest BCUT2D eigenvalue weighted by Crippen LogP contribution is 2.36. The van der Waals surface area contributed by atoms with Crippen LogP contribution in [-0.4, -0.2) is 29.8 Å². The number of alkyl halides is 3. The number of hydrogen-bond donors (Lipinski definition) is 1. The fraction of sp³-hybridized carbons (Fsp3) is 0.529. The summed E-state index contributed by atoms with van der Waals surface area (Å²) in [6, 6.07) is 2.98. The average Bonchev–Trinajstić information content (AvgIpc) is 2.55. The maximum atomic E-state index is 12.9. The van der Waals surface area contributed by atoms with Crippen molar-refractivity contribution in [1.82, 2.24) is 4.90 Å². The number of benzene rings is 1. The number of anilines is 1. The Hall–Kier alpha value is -1.76. The predicted molar refractivity (Wildman–Crippen MR) is 91.5 cm³/mol. The lowest BCUT2D eigenvalue weighted by molar-refractivity contribution is -0.143. The zero-order chi connectivity index (χ0) is 19.0. The van der Waals surface area contributed by atoms with Crippen molar-refractivity contribution in [2.75, 3.05) is 18.4 Å². The van der Waals surface area contributed by atoms with Gasteiger partial charge in [0.05, 0.1) is 10.6 Å². The smallest absolute Gasteiger partial charge is 0.334 e. The van der Waals surface area contributed by atoms with Crippen molar-refractivity contribution in [2.24, 2.45) is 0 Å². The van der Waals surface area contributed by atoms with Gasteiger partial charge in [-0.05, 0) is 31.0 Å². The number of amides is 2. The van der Waals surface area contributed by atoms with Crippen LogP contribution in [0.3, 0.4) is 0 Å². The van der Waals surface area contributed by atoms with Gasteiger partial charge in [0, 0.05) is 18.8 Å². The molecule has 0 aliphatic heterocycles. The van der Waals surface area contributed by atoms with Crippen LogP contribution in [0.15, 0.2) is 18.2 Å². The lowest BCUT2D eigenvalue weighted by Gasteiger charge is -2.21. The second kappa shape index (κ2) is 9.65. The van der Waals surface area contributed by atoms with Crippen LogP contribution in [0.25, 0.3) is 0 Å². The fourth-order valence-corrected chi connectivity index (χ4v) is 2.39. The van der Waals surface area contributed by atoms with E-state index in [1.165, 1.54) is 11.0 Å². The molecule has 0 radical (unpaired) electrons. The quantitative estimate of drug-likeness (QED) is 0.697. The Morgan fingerprint density at radius 3 is 2.16 bits per heavy atom. The van der Waals surface area contributed by atoms with Gasteiger partial charge in [0.25, 0.3) is 0 Å². The fourth-order valence-electron chi connectivity index (χ4n) is 2.16. The largest absolute Gasteiger partial charge is 0.417 e. The third-order valence-corrected chi connectivity index (χ3v) is 3.90. The van der Waals surface area contributed by atoms with E-state index in [0.29, 0.717) is 13.1 Å². The molecular formula is C17H22ClF3N2O2. The summed E-state index contributed by atoms with van der Waals surface area (Å²) in [6.07, 6.45) is -1.41. The molecule has 140 valence electrons. The van der Waals surface area contributed by atoms with Crippen LogP contribution in [0, 0.1) is 0 Å². The topological polar surface area (TPSA) is 49.4 Å². The van der Waals surface area contributed by atoms with Gasteiger partial charge in [-0.3, -0.25) is 9.59 Å². The Morgan fingerprint density at radius 1 is 1.12 bits per heavy atom. The summed E-state index contributed by atoms with van der Waals surface area (Å²) >= 11 is 5.54. The van der Waals surface area contributed by atoms with Crippen LogP contribution in [0.2, 0.25) is 5.02 Å². The molecule has 0 unspecified atom stereocenters. The van der Waals surface area contributed by atoms with E-state index in [1.54, 1.807) is 0 Å². The van der Waals surface area contributed by atoms with Crippen LogP contribution >= 0.6 is 11.6 Å². The molecule has 1 aromatic rings. The van der Waals surface area contributed by atoms with Crippen molar-refractivity contribution < 1.29 is 22.8 Å². The molecule has 1 N–H and O–H groups in total. The number of halogens is 4. The Balaban J connectivity index is 2.87. The minimum atomic E-state index is -4.64. The molecule has 0 aliphatic carbocycles. The number of nitrogens with one attached hydrogen (secondary N) is 1. The molecule has 0 fully saturated rings. The number of nitrogens with zero attached hydrogens (tertiary/aromatic N) is 1. The molecule has 0 aromatic heterocycles. The third kappa shape index (κ3) is 6.57. The molecule has 2 amide bonds. The van der Waals surface area contributed by atoms with Gasteiger partial charge in [-0.25, -0.2) is 0 Å². The van der Waals surface area contributed by atoms with Crippen LogP contribution in [-0.2, 0) is 15.8 Å². The van der Waals surface area contributed by atoms with Gasteiger partial charge >= 0.3 is 18.0 Å². The third-order valence-electron chi connectivity index (χ3n) is 3.57. The van der Waals surface area contributed by atoms with Crippen molar-refractivity contribution >= 4 is 29.1 Å². The van der Waals surface area contributed by atoms with Crippen LogP contribution < -0.4 is 5.32 Å².